The molecule has 170 valence electrons. The summed E-state index contributed by atoms with van der Waals surface area (Å²) in [5.74, 6) is 1.41. The second-order valence-electron chi connectivity index (χ2n) is 7.57. The first kappa shape index (κ1) is 22.8. The standard InChI is InChI=1S/C23H26ClN3O4S/c1-4-27-21-7-6-18(32(28,29)26-9-11-31-12-10-26)15-20(21)25-23(27)19(24)14-17-5-8-22(30-3)16(2)13-17/h5-8,13-15H,4,9-12H2,1-3H3/b19-14-. The Morgan fingerprint density at radius 3 is 2.62 bits per heavy atom. The molecule has 0 spiro atoms. The van der Waals surface area contributed by atoms with Crippen LogP contribution in [0.2, 0.25) is 0 Å². The minimum Gasteiger partial charge on any atom is -0.496 e. The number of benzene rings is 2. The van der Waals surface area contributed by atoms with E-state index in [2.05, 4.69) is 4.98 Å². The van der Waals surface area contributed by atoms with Crippen LogP contribution in [0.1, 0.15) is 23.9 Å². The van der Waals surface area contributed by atoms with Gasteiger partial charge in [-0.2, -0.15) is 4.31 Å². The van der Waals surface area contributed by atoms with E-state index in [4.69, 9.17) is 21.1 Å². The van der Waals surface area contributed by atoms with Gasteiger partial charge in [0.2, 0.25) is 10.0 Å². The van der Waals surface area contributed by atoms with Gasteiger partial charge in [0.15, 0.2) is 5.82 Å². The van der Waals surface area contributed by atoms with Gasteiger partial charge in [-0.15, -0.1) is 0 Å². The Kier molecular flexibility index (Phi) is 6.57. The van der Waals surface area contributed by atoms with E-state index in [0.29, 0.717) is 49.2 Å². The van der Waals surface area contributed by atoms with Crippen LogP contribution in [0.4, 0.5) is 0 Å². The summed E-state index contributed by atoms with van der Waals surface area (Å²) in [4.78, 5) is 4.91. The number of hydrogen-bond donors (Lipinski definition) is 0. The lowest BCUT2D eigenvalue weighted by molar-refractivity contribution is 0.0730. The summed E-state index contributed by atoms with van der Waals surface area (Å²) in [6.07, 6.45) is 1.85. The van der Waals surface area contributed by atoms with Crippen molar-refractivity contribution in [2.75, 3.05) is 33.4 Å². The lowest BCUT2D eigenvalue weighted by Crippen LogP contribution is -2.40. The van der Waals surface area contributed by atoms with Gasteiger partial charge >= 0.3 is 0 Å². The highest BCUT2D eigenvalue weighted by Crippen LogP contribution is 2.29. The molecule has 1 aliphatic heterocycles. The van der Waals surface area contributed by atoms with Gasteiger partial charge < -0.3 is 14.0 Å². The number of aromatic nitrogens is 2. The Labute approximate surface area is 193 Å². The molecule has 7 nitrogen and oxygen atoms in total. The molecule has 2 aromatic carbocycles. The Morgan fingerprint density at radius 1 is 1.22 bits per heavy atom. The molecule has 9 heteroatoms. The van der Waals surface area contributed by atoms with Crippen LogP contribution in [0, 0.1) is 6.92 Å². The molecule has 0 aliphatic carbocycles. The van der Waals surface area contributed by atoms with Crippen molar-refractivity contribution in [2.45, 2.75) is 25.3 Å². The molecule has 0 unspecified atom stereocenters. The molecule has 2 heterocycles. The van der Waals surface area contributed by atoms with E-state index in [1.165, 1.54) is 4.31 Å². The highest BCUT2D eigenvalue weighted by molar-refractivity contribution is 7.89. The minimum absolute atomic E-state index is 0.227. The quantitative estimate of drug-likeness (QED) is 0.536. The number of fused-ring (bicyclic) bond motifs is 1. The summed E-state index contributed by atoms with van der Waals surface area (Å²) in [7, 11) is -1.96. The number of imidazole rings is 1. The monoisotopic (exact) mass is 475 g/mol. The average Bonchev–Trinajstić information content (AvgIpc) is 3.18. The van der Waals surface area contributed by atoms with Crippen LogP contribution in [0.15, 0.2) is 41.3 Å². The van der Waals surface area contributed by atoms with Crippen LogP contribution >= 0.6 is 11.6 Å². The van der Waals surface area contributed by atoms with E-state index in [9.17, 15) is 8.42 Å². The number of halogens is 1. The fourth-order valence-corrected chi connectivity index (χ4v) is 5.61. The summed E-state index contributed by atoms with van der Waals surface area (Å²) in [5.41, 5.74) is 3.36. The maximum Gasteiger partial charge on any atom is 0.243 e. The summed E-state index contributed by atoms with van der Waals surface area (Å²) in [6, 6.07) is 10.9. The van der Waals surface area contributed by atoms with Crippen LogP contribution in [0.3, 0.4) is 0 Å². The molecule has 1 fully saturated rings. The van der Waals surface area contributed by atoms with Crippen molar-refractivity contribution < 1.29 is 17.9 Å². The highest BCUT2D eigenvalue weighted by Gasteiger charge is 2.27. The van der Waals surface area contributed by atoms with E-state index in [0.717, 1.165) is 22.4 Å². The number of morpholine rings is 1. The van der Waals surface area contributed by atoms with Crippen molar-refractivity contribution in [2.24, 2.45) is 0 Å². The molecular formula is C23H26ClN3O4S. The van der Waals surface area contributed by atoms with Crippen molar-refractivity contribution in [1.82, 2.24) is 13.9 Å². The number of aryl methyl sites for hydroxylation is 2. The molecular weight excluding hydrogens is 450 g/mol. The predicted octanol–water partition coefficient (Wildman–Crippen LogP) is 4.13. The number of ether oxygens (including phenoxy) is 2. The second kappa shape index (κ2) is 9.23. The second-order valence-corrected chi connectivity index (χ2v) is 9.91. The fraction of sp³-hybridized carbons (Fsp3) is 0.348. The zero-order chi connectivity index (χ0) is 22.9. The average molecular weight is 476 g/mol. The first-order valence-electron chi connectivity index (χ1n) is 10.5. The van der Waals surface area contributed by atoms with Crippen molar-refractivity contribution >= 4 is 43.8 Å². The topological polar surface area (TPSA) is 73.7 Å². The Bertz CT molecular complexity index is 1280. The third-order valence-electron chi connectivity index (χ3n) is 5.57. The lowest BCUT2D eigenvalue weighted by atomic mass is 10.1. The van der Waals surface area contributed by atoms with Gasteiger partial charge in [-0.25, -0.2) is 13.4 Å². The third kappa shape index (κ3) is 4.28. The summed E-state index contributed by atoms with van der Waals surface area (Å²) < 4.78 is 40.1. The maximum absolute atomic E-state index is 13.0. The molecule has 4 rings (SSSR count). The summed E-state index contributed by atoms with van der Waals surface area (Å²) in [5, 5.41) is 0.477. The largest absolute Gasteiger partial charge is 0.496 e. The molecule has 3 aromatic rings. The van der Waals surface area contributed by atoms with Crippen molar-refractivity contribution in [3.8, 4) is 5.75 Å². The molecule has 32 heavy (non-hydrogen) atoms. The molecule has 0 atom stereocenters. The lowest BCUT2D eigenvalue weighted by Gasteiger charge is -2.26. The summed E-state index contributed by atoms with van der Waals surface area (Å²) in [6.45, 7) is 6.14. The number of rotatable bonds is 6. The van der Waals surface area contributed by atoms with Gasteiger partial charge in [-0.05, 0) is 61.4 Å². The normalized spacial score (nSPS) is 15.9. The minimum atomic E-state index is -3.60. The zero-order valence-electron chi connectivity index (χ0n) is 18.3. The van der Waals surface area contributed by atoms with Crippen molar-refractivity contribution in [3.05, 3.63) is 53.3 Å². The Morgan fingerprint density at radius 2 is 1.97 bits per heavy atom. The van der Waals surface area contributed by atoms with Gasteiger partial charge in [0.1, 0.15) is 5.75 Å². The van der Waals surface area contributed by atoms with E-state index in [-0.39, 0.29) is 4.90 Å². The molecule has 0 bridgehead atoms. The van der Waals surface area contributed by atoms with Gasteiger partial charge in [-0.3, -0.25) is 0 Å². The highest BCUT2D eigenvalue weighted by atomic mass is 35.5. The van der Waals surface area contributed by atoms with Gasteiger partial charge in [0.25, 0.3) is 0 Å². The van der Waals surface area contributed by atoms with Gasteiger partial charge in [-0.1, -0.05) is 17.7 Å². The van der Waals surface area contributed by atoms with Gasteiger partial charge in [0.05, 0.1) is 41.3 Å². The van der Waals surface area contributed by atoms with Crippen LogP contribution in [-0.2, 0) is 21.3 Å². The van der Waals surface area contributed by atoms with E-state index < -0.39 is 10.0 Å². The van der Waals surface area contributed by atoms with Gasteiger partial charge in [0, 0.05) is 19.6 Å². The smallest absolute Gasteiger partial charge is 0.243 e. The van der Waals surface area contributed by atoms with Crippen LogP contribution in [0.25, 0.3) is 22.1 Å². The molecule has 0 N–H and O–H groups in total. The molecule has 0 radical (unpaired) electrons. The van der Waals surface area contributed by atoms with Crippen LogP contribution in [0.5, 0.6) is 5.75 Å². The van der Waals surface area contributed by atoms with Crippen molar-refractivity contribution in [1.29, 1.82) is 0 Å². The van der Waals surface area contributed by atoms with E-state index in [1.807, 2.05) is 42.7 Å². The number of hydrogen-bond acceptors (Lipinski definition) is 5. The first-order valence-corrected chi connectivity index (χ1v) is 12.3. The van der Waals surface area contributed by atoms with Crippen LogP contribution in [-0.4, -0.2) is 55.7 Å². The predicted molar refractivity (Wildman–Crippen MR) is 126 cm³/mol. The molecule has 0 saturated carbocycles. The molecule has 1 saturated heterocycles. The summed E-state index contributed by atoms with van der Waals surface area (Å²) >= 11 is 6.68. The SMILES string of the molecule is CCn1c(/C(Cl)=C/c2ccc(OC)c(C)c2)nc2cc(S(=O)(=O)N3CCOCC3)ccc21. The Balaban J connectivity index is 1.73. The first-order chi connectivity index (χ1) is 15.3. The maximum atomic E-state index is 13.0. The fourth-order valence-electron chi connectivity index (χ4n) is 3.91. The molecule has 1 aliphatic rings. The number of nitrogens with zero attached hydrogens (tertiary/aromatic N) is 3. The third-order valence-corrected chi connectivity index (χ3v) is 7.74. The molecule has 0 amide bonds. The Hall–Kier alpha value is -2.39. The van der Waals surface area contributed by atoms with E-state index >= 15 is 0 Å². The van der Waals surface area contributed by atoms with Crippen LogP contribution < -0.4 is 4.74 Å². The van der Waals surface area contributed by atoms with E-state index in [1.54, 1.807) is 25.3 Å². The molecule has 1 aromatic heterocycles. The number of sulfonamides is 1. The van der Waals surface area contributed by atoms with Crippen molar-refractivity contribution in [3.63, 3.8) is 0 Å². The zero-order valence-corrected chi connectivity index (χ0v) is 19.9. The number of methoxy groups -OCH3 is 1.